The first-order valence-electron chi connectivity index (χ1n) is 7.78. The summed E-state index contributed by atoms with van der Waals surface area (Å²) in [5.74, 6) is -0.198. The molecular weight excluding hydrogens is 288 g/mol. The van der Waals surface area contributed by atoms with Gasteiger partial charge in [0.1, 0.15) is 5.69 Å². The molecular formula is C18H24N4O. The van der Waals surface area contributed by atoms with Crippen molar-refractivity contribution in [1.82, 2.24) is 9.88 Å². The fraction of sp³-hybridized carbons (Fsp3) is 0.333. The topological polar surface area (TPSA) is 57.3 Å². The summed E-state index contributed by atoms with van der Waals surface area (Å²) in [6.45, 7) is 3.85. The fourth-order valence-corrected chi connectivity index (χ4v) is 2.19. The number of hydrogen-bond donors (Lipinski definition) is 2. The van der Waals surface area contributed by atoms with Gasteiger partial charge >= 0.3 is 0 Å². The second-order valence-electron chi connectivity index (χ2n) is 5.78. The van der Waals surface area contributed by atoms with Crippen LogP contribution in [0.15, 0.2) is 42.6 Å². The molecule has 0 aliphatic heterocycles. The molecule has 5 nitrogen and oxygen atoms in total. The molecule has 0 radical (unpaired) electrons. The molecule has 0 bridgehead atoms. The van der Waals surface area contributed by atoms with Crippen LogP contribution in [0.3, 0.4) is 0 Å². The van der Waals surface area contributed by atoms with Gasteiger partial charge in [-0.2, -0.15) is 0 Å². The number of para-hydroxylation sites is 1. The number of aryl methyl sites for hydroxylation is 1. The zero-order chi connectivity index (χ0) is 16.7. The van der Waals surface area contributed by atoms with Crippen LogP contribution in [0, 0.1) is 6.92 Å². The summed E-state index contributed by atoms with van der Waals surface area (Å²) in [7, 11) is 4.11. The third-order valence-corrected chi connectivity index (χ3v) is 3.50. The van der Waals surface area contributed by atoms with Crippen LogP contribution in [0.1, 0.15) is 22.5 Å². The number of benzene rings is 1. The summed E-state index contributed by atoms with van der Waals surface area (Å²) in [6, 6.07) is 11.4. The van der Waals surface area contributed by atoms with Crippen LogP contribution in [-0.4, -0.2) is 43.0 Å². The Kier molecular flexibility index (Phi) is 6.11. The summed E-state index contributed by atoms with van der Waals surface area (Å²) < 4.78 is 0. The van der Waals surface area contributed by atoms with E-state index in [9.17, 15) is 4.79 Å². The highest BCUT2D eigenvalue weighted by Gasteiger charge is 2.09. The average molecular weight is 312 g/mol. The van der Waals surface area contributed by atoms with E-state index >= 15 is 0 Å². The molecule has 2 aromatic rings. The number of nitrogens with zero attached hydrogens (tertiary/aromatic N) is 2. The minimum absolute atomic E-state index is 0.198. The highest BCUT2D eigenvalue weighted by molar-refractivity contribution is 6.03. The van der Waals surface area contributed by atoms with E-state index in [2.05, 4.69) is 34.6 Å². The third kappa shape index (κ3) is 5.38. The van der Waals surface area contributed by atoms with Crippen molar-refractivity contribution in [2.75, 3.05) is 37.8 Å². The SMILES string of the molecule is Cc1ccccc1NC(=O)c1cc(NCCCN(C)C)ccn1. The Morgan fingerprint density at radius 1 is 1.22 bits per heavy atom. The molecule has 0 unspecified atom stereocenters. The summed E-state index contributed by atoms with van der Waals surface area (Å²) in [6.07, 6.45) is 2.70. The maximum Gasteiger partial charge on any atom is 0.274 e. The van der Waals surface area contributed by atoms with Gasteiger partial charge in [-0.3, -0.25) is 9.78 Å². The molecule has 2 N–H and O–H groups in total. The van der Waals surface area contributed by atoms with Crippen molar-refractivity contribution < 1.29 is 4.79 Å². The van der Waals surface area contributed by atoms with Crippen molar-refractivity contribution in [2.24, 2.45) is 0 Å². The van der Waals surface area contributed by atoms with Crippen molar-refractivity contribution in [1.29, 1.82) is 0 Å². The van der Waals surface area contributed by atoms with Crippen LogP contribution in [0.25, 0.3) is 0 Å². The second kappa shape index (κ2) is 8.29. The number of amides is 1. The minimum atomic E-state index is -0.198. The van der Waals surface area contributed by atoms with E-state index in [4.69, 9.17) is 0 Å². The molecule has 0 aliphatic rings. The zero-order valence-corrected chi connectivity index (χ0v) is 14.0. The predicted molar refractivity (Wildman–Crippen MR) is 95.0 cm³/mol. The lowest BCUT2D eigenvalue weighted by molar-refractivity contribution is 0.102. The molecule has 0 saturated heterocycles. The predicted octanol–water partition coefficient (Wildman–Crippen LogP) is 3.01. The summed E-state index contributed by atoms with van der Waals surface area (Å²) in [4.78, 5) is 18.6. The monoisotopic (exact) mass is 312 g/mol. The number of pyridine rings is 1. The largest absolute Gasteiger partial charge is 0.385 e. The lowest BCUT2D eigenvalue weighted by Gasteiger charge is -2.11. The lowest BCUT2D eigenvalue weighted by Crippen LogP contribution is -2.17. The van der Waals surface area contributed by atoms with Crippen LogP contribution < -0.4 is 10.6 Å². The fourth-order valence-electron chi connectivity index (χ4n) is 2.19. The van der Waals surface area contributed by atoms with Gasteiger partial charge in [0, 0.05) is 24.1 Å². The number of carbonyl (C=O) groups excluding carboxylic acids is 1. The summed E-state index contributed by atoms with van der Waals surface area (Å²) in [5.41, 5.74) is 3.15. The molecule has 1 amide bonds. The Hall–Kier alpha value is -2.40. The van der Waals surface area contributed by atoms with Crippen LogP contribution >= 0.6 is 0 Å². The van der Waals surface area contributed by atoms with Gasteiger partial charge in [0.25, 0.3) is 5.91 Å². The maximum atomic E-state index is 12.3. The first-order chi connectivity index (χ1) is 11.1. The van der Waals surface area contributed by atoms with Gasteiger partial charge in [-0.1, -0.05) is 18.2 Å². The van der Waals surface area contributed by atoms with Gasteiger partial charge in [0.15, 0.2) is 0 Å². The van der Waals surface area contributed by atoms with Crippen molar-refractivity contribution >= 4 is 17.3 Å². The summed E-state index contributed by atoms with van der Waals surface area (Å²) >= 11 is 0. The first kappa shape index (κ1) is 17.0. The van der Waals surface area contributed by atoms with E-state index in [1.165, 1.54) is 0 Å². The van der Waals surface area contributed by atoms with Gasteiger partial charge < -0.3 is 15.5 Å². The Morgan fingerprint density at radius 3 is 2.74 bits per heavy atom. The van der Waals surface area contributed by atoms with Gasteiger partial charge in [0.05, 0.1) is 0 Å². The van der Waals surface area contributed by atoms with Gasteiger partial charge in [0.2, 0.25) is 0 Å². The minimum Gasteiger partial charge on any atom is -0.385 e. The van der Waals surface area contributed by atoms with E-state index in [1.54, 1.807) is 12.3 Å². The van der Waals surface area contributed by atoms with Crippen molar-refractivity contribution in [3.05, 3.63) is 53.9 Å². The van der Waals surface area contributed by atoms with E-state index in [-0.39, 0.29) is 5.91 Å². The molecule has 5 heteroatoms. The summed E-state index contributed by atoms with van der Waals surface area (Å²) in [5, 5.41) is 6.22. The van der Waals surface area contributed by atoms with Gasteiger partial charge in [-0.25, -0.2) is 0 Å². The first-order valence-corrected chi connectivity index (χ1v) is 7.78. The molecule has 1 aromatic heterocycles. The van der Waals surface area contributed by atoms with Crippen LogP contribution in [0.2, 0.25) is 0 Å². The molecule has 0 aliphatic carbocycles. The molecule has 0 atom stereocenters. The van der Waals surface area contributed by atoms with Crippen LogP contribution in [-0.2, 0) is 0 Å². The zero-order valence-electron chi connectivity index (χ0n) is 14.0. The maximum absolute atomic E-state index is 12.3. The molecule has 0 spiro atoms. The number of carbonyl (C=O) groups is 1. The van der Waals surface area contributed by atoms with Gasteiger partial charge in [-0.05, 0) is 57.7 Å². The molecule has 122 valence electrons. The number of hydrogen-bond acceptors (Lipinski definition) is 4. The van der Waals surface area contributed by atoms with Crippen molar-refractivity contribution in [3.8, 4) is 0 Å². The quantitative estimate of drug-likeness (QED) is 0.772. The molecule has 1 aromatic carbocycles. The third-order valence-electron chi connectivity index (χ3n) is 3.50. The lowest BCUT2D eigenvalue weighted by atomic mass is 10.2. The number of rotatable bonds is 7. The second-order valence-corrected chi connectivity index (χ2v) is 5.78. The molecule has 1 heterocycles. The van der Waals surface area contributed by atoms with E-state index in [1.807, 2.05) is 37.3 Å². The smallest absolute Gasteiger partial charge is 0.274 e. The van der Waals surface area contributed by atoms with E-state index < -0.39 is 0 Å². The Bertz CT molecular complexity index is 655. The number of anilines is 2. The Balaban J connectivity index is 1.96. The highest BCUT2D eigenvalue weighted by atomic mass is 16.1. The molecule has 0 fully saturated rings. The van der Waals surface area contributed by atoms with Crippen molar-refractivity contribution in [3.63, 3.8) is 0 Å². The van der Waals surface area contributed by atoms with E-state index in [0.717, 1.165) is 36.4 Å². The van der Waals surface area contributed by atoms with E-state index in [0.29, 0.717) is 5.69 Å². The molecule has 2 rings (SSSR count). The van der Waals surface area contributed by atoms with Crippen LogP contribution in [0.5, 0.6) is 0 Å². The average Bonchev–Trinajstić information content (AvgIpc) is 2.54. The number of nitrogens with one attached hydrogen (secondary N) is 2. The molecule has 0 saturated carbocycles. The van der Waals surface area contributed by atoms with Gasteiger partial charge in [-0.15, -0.1) is 0 Å². The van der Waals surface area contributed by atoms with Crippen molar-refractivity contribution in [2.45, 2.75) is 13.3 Å². The highest BCUT2D eigenvalue weighted by Crippen LogP contribution is 2.15. The Morgan fingerprint density at radius 2 is 2.00 bits per heavy atom. The molecule has 23 heavy (non-hydrogen) atoms. The van der Waals surface area contributed by atoms with Crippen LogP contribution in [0.4, 0.5) is 11.4 Å². The Labute approximate surface area is 137 Å². The standard InChI is InChI=1S/C18H24N4O/c1-14-7-4-5-8-16(14)21-18(23)17-13-15(9-11-20-17)19-10-6-12-22(2)3/h4-5,7-9,11,13H,6,10,12H2,1-3H3,(H,19,20)(H,21,23). The normalized spacial score (nSPS) is 10.6. The number of aromatic nitrogens is 1.